The van der Waals surface area contributed by atoms with E-state index in [4.69, 9.17) is 0 Å². The lowest BCUT2D eigenvalue weighted by atomic mass is 9.82. The Morgan fingerprint density at radius 1 is 0.647 bits per heavy atom. The molecule has 0 amide bonds. The van der Waals surface area contributed by atoms with Gasteiger partial charge in [0.05, 0.1) is 0 Å². The SMILES string of the molecule is CCC1=Cc2c(-c3ccc4ccccc4c3)cccc2C1c1cccc2c1Cc1ccccc1-2. The van der Waals surface area contributed by atoms with Crippen LogP contribution in [0.25, 0.3) is 39.1 Å². The highest BCUT2D eigenvalue weighted by atomic mass is 14.3. The minimum absolute atomic E-state index is 0.338. The molecule has 0 heterocycles. The van der Waals surface area contributed by atoms with Crippen LogP contribution in [-0.2, 0) is 6.42 Å². The molecule has 162 valence electrons. The zero-order valence-electron chi connectivity index (χ0n) is 19.4. The average molecular weight is 435 g/mol. The van der Waals surface area contributed by atoms with Gasteiger partial charge in [-0.25, -0.2) is 0 Å². The van der Waals surface area contributed by atoms with Crippen molar-refractivity contribution in [1.29, 1.82) is 0 Å². The Kier molecular flexibility index (Phi) is 4.35. The lowest BCUT2D eigenvalue weighted by Gasteiger charge is -2.21. The first kappa shape index (κ1) is 19.6. The molecule has 0 radical (unpaired) electrons. The quantitative estimate of drug-likeness (QED) is 0.261. The fraction of sp³-hybridized carbons (Fsp3) is 0.118. The molecular formula is C34H26. The molecule has 0 saturated carbocycles. The molecular weight excluding hydrogens is 408 g/mol. The first-order valence-corrected chi connectivity index (χ1v) is 12.3. The van der Waals surface area contributed by atoms with Gasteiger partial charge < -0.3 is 0 Å². The fourth-order valence-electron chi connectivity index (χ4n) is 6.20. The van der Waals surface area contributed by atoms with Crippen LogP contribution in [0.3, 0.4) is 0 Å². The van der Waals surface area contributed by atoms with Crippen molar-refractivity contribution in [2.24, 2.45) is 0 Å². The zero-order chi connectivity index (χ0) is 22.6. The summed E-state index contributed by atoms with van der Waals surface area (Å²) in [6.07, 6.45) is 4.58. The molecule has 0 fully saturated rings. The second kappa shape index (κ2) is 7.57. The third kappa shape index (κ3) is 2.85. The molecule has 0 aliphatic heterocycles. The van der Waals surface area contributed by atoms with Crippen LogP contribution >= 0.6 is 0 Å². The maximum absolute atomic E-state index is 2.48. The number of hydrogen-bond acceptors (Lipinski definition) is 0. The molecule has 1 atom stereocenters. The van der Waals surface area contributed by atoms with Crippen molar-refractivity contribution >= 4 is 16.8 Å². The second-order valence-corrected chi connectivity index (χ2v) is 9.58. The number of hydrogen-bond donors (Lipinski definition) is 0. The Morgan fingerprint density at radius 2 is 1.38 bits per heavy atom. The Morgan fingerprint density at radius 3 is 2.26 bits per heavy atom. The first-order chi connectivity index (χ1) is 16.8. The molecule has 1 unspecified atom stereocenters. The van der Waals surface area contributed by atoms with Gasteiger partial charge >= 0.3 is 0 Å². The van der Waals surface area contributed by atoms with Gasteiger partial charge in [0.15, 0.2) is 0 Å². The van der Waals surface area contributed by atoms with Gasteiger partial charge in [-0.15, -0.1) is 0 Å². The lowest BCUT2D eigenvalue weighted by molar-refractivity contribution is 0.895. The van der Waals surface area contributed by atoms with E-state index in [-0.39, 0.29) is 0 Å². The number of fused-ring (bicyclic) bond motifs is 5. The molecule has 2 aliphatic rings. The van der Waals surface area contributed by atoms with Gasteiger partial charge in [-0.1, -0.05) is 116 Å². The van der Waals surface area contributed by atoms with E-state index < -0.39 is 0 Å². The number of allylic oxidation sites excluding steroid dienone is 1. The van der Waals surface area contributed by atoms with Crippen molar-refractivity contribution in [3.63, 3.8) is 0 Å². The van der Waals surface area contributed by atoms with Gasteiger partial charge in [-0.05, 0) is 79.8 Å². The molecule has 0 saturated heterocycles. The number of rotatable bonds is 3. The van der Waals surface area contributed by atoms with Crippen LogP contribution in [0.2, 0.25) is 0 Å². The summed E-state index contributed by atoms with van der Waals surface area (Å²) in [6, 6.07) is 38.2. The zero-order valence-corrected chi connectivity index (χ0v) is 19.4. The van der Waals surface area contributed by atoms with Gasteiger partial charge in [-0.3, -0.25) is 0 Å². The molecule has 5 aromatic rings. The third-order valence-corrected chi connectivity index (χ3v) is 7.82. The molecule has 2 aliphatic carbocycles. The van der Waals surface area contributed by atoms with Crippen LogP contribution in [-0.4, -0.2) is 0 Å². The summed E-state index contributed by atoms with van der Waals surface area (Å²) in [7, 11) is 0. The van der Waals surface area contributed by atoms with Gasteiger partial charge in [0, 0.05) is 5.92 Å². The summed E-state index contributed by atoms with van der Waals surface area (Å²) < 4.78 is 0. The van der Waals surface area contributed by atoms with E-state index in [1.54, 1.807) is 0 Å². The molecule has 0 heteroatoms. The van der Waals surface area contributed by atoms with Crippen LogP contribution in [0.5, 0.6) is 0 Å². The van der Waals surface area contributed by atoms with E-state index in [0.717, 1.165) is 12.8 Å². The Labute approximate surface area is 201 Å². The molecule has 0 aromatic heterocycles. The van der Waals surface area contributed by atoms with Gasteiger partial charge in [0.1, 0.15) is 0 Å². The highest BCUT2D eigenvalue weighted by molar-refractivity contribution is 5.91. The van der Waals surface area contributed by atoms with Crippen molar-refractivity contribution in [2.75, 3.05) is 0 Å². The summed E-state index contributed by atoms with van der Waals surface area (Å²) in [4.78, 5) is 0. The molecule has 0 spiro atoms. The van der Waals surface area contributed by atoms with E-state index in [1.807, 2.05) is 0 Å². The number of benzene rings is 5. The van der Waals surface area contributed by atoms with Crippen molar-refractivity contribution in [3.05, 3.63) is 137 Å². The summed E-state index contributed by atoms with van der Waals surface area (Å²) in [5, 5.41) is 2.59. The minimum Gasteiger partial charge on any atom is -0.0619 e. The Balaban J connectivity index is 1.39. The van der Waals surface area contributed by atoms with E-state index in [9.17, 15) is 0 Å². The third-order valence-electron chi connectivity index (χ3n) is 7.82. The maximum Gasteiger partial charge on any atom is 0.0311 e. The average Bonchev–Trinajstić information content (AvgIpc) is 3.46. The van der Waals surface area contributed by atoms with Gasteiger partial charge in [-0.2, -0.15) is 0 Å². The predicted molar refractivity (Wildman–Crippen MR) is 144 cm³/mol. The molecule has 0 nitrogen and oxygen atoms in total. The highest BCUT2D eigenvalue weighted by Crippen LogP contribution is 2.49. The van der Waals surface area contributed by atoms with Crippen LogP contribution < -0.4 is 0 Å². The fourth-order valence-corrected chi connectivity index (χ4v) is 6.20. The van der Waals surface area contributed by atoms with E-state index in [0.29, 0.717) is 5.92 Å². The molecule has 7 rings (SSSR count). The Bertz CT molecular complexity index is 1620. The summed E-state index contributed by atoms with van der Waals surface area (Å²) in [5.74, 6) is 0.338. The van der Waals surface area contributed by atoms with Crippen LogP contribution in [0, 0.1) is 0 Å². The molecule has 34 heavy (non-hydrogen) atoms. The second-order valence-electron chi connectivity index (χ2n) is 9.58. The predicted octanol–water partition coefficient (Wildman–Crippen LogP) is 9.02. The topological polar surface area (TPSA) is 0 Å². The van der Waals surface area contributed by atoms with E-state index >= 15 is 0 Å². The van der Waals surface area contributed by atoms with Gasteiger partial charge in [0.2, 0.25) is 0 Å². The van der Waals surface area contributed by atoms with Crippen molar-refractivity contribution < 1.29 is 0 Å². The van der Waals surface area contributed by atoms with Gasteiger partial charge in [0.25, 0.3) is 0 Å². The van der Waals surface area contributed by atoms with Crippen molar-refractivity contribution in [1.82, 2.24) is 0 Å². The monoisotopic (exact) mass is 434 g/mol. The first-order valence-electron chi connectivity index (χ1n) is 12.3. The maximum atomic E-state index is 2.48. The summed E-state index contributed by atoms with van der Waals surface area (Å²) >= 11 is 0. The van der Waals surface area contributed by atoms with Crippen LogP contribution in [0.1, 0.15) is 47.1 Å². The molecule has 0 bridgehead atoms. The smallest absolute Gasteiger partial charge is 0.0311 e. The van der Waals surface area contributed by atoms with E-state index in [1.165, 1.54) is 66.4 Å². The summed E-state index contributed by atoms with van der Waals surface area (Å²) in [6.45, 7) is 2.30. The lowest BCUT2D eigenvalue weighted by Crippen LogP contribution is -2.05. The largest absolute Gasteiger partial charge is 0.0619 e. The normalized spacial score (nSPS) is 15.7. The standard InChI is InChI=1S/C34H26/c1-2-22-20-32-28(26-18-17-23-9-3-4-10-24(23)19-26)13-7-15-30(32)34(22)31-16-8-14-29-27-12-6-5-11-25(27)21-33(29)31/h3-20,34H,2,21H2,1H3. The molecule has 5 aromatic carbocycles. The highest BCUT2D eigenvalue weighted by Gasteiger charge is 2.31. The van der Waals surface area contributed by atoms with E-state index in [2.05, 4.69) is 116 Å². The summed E-state index contributed by atoms with van der Waals surface area (Å²) in [5.41, 5.74) is 14.3. The molecule has 0 N–H and O–H groups in total. The minimum atomic E-state index is 0.338. The Hall–Kier alpha value is -3.90. The van der Waals surface area contributed by atoms with Crippen molar-refractivity contribution in [3.8, 4) is 22.3 Å². The van der Waals surface area contributed by atoms with Crippen molar-refractivity contribution in [2.45, 2.75) is 25.7 Å². The van der Waals surface area contributed by atoms with Crippen LogP contribution in [0.4, 0.5) is 0 Å². The van der Waals surface area contributed by atoms with Crippen LogP contribution in [0.15, 0.2) is 109 Å².